The zero-order valence-corrected chi connectivity index (χ0v) is 20.4. The number of carbonyl (C=O) groups excluding carboxylic acids is 1. The highest BCUT2D eigenvalue weighted by atomic mass is 79.9. The van der Waals surface area contributed by atoms with Crippen LogP contribution >= 0.6 is 27.3 Å². The van der Waals surface area contributed by atoms with Crippen LogP contribution in [0.4, 0.5) is 13.2 Å². The molecule has 3 aromatic rings. The molecule has 0 radical (unpaired) electrons. The predicted octanol–water partition coefficient (Wildman–Crippen LogP) is 4.70. The minimum atomic E-state index is -1.76. The van der Waals surface area contributed by atoms with Crippen LogP contribution in [0.2, 0.25) is 0 Å². The van der Waals surface area contributed by atoms with Crippen LogP contribution in [0.3, 0.4) is 0 Å². The molecule has 0 spiro atoms. The van der Waals surface area contributed by atoms with Crippen molar-refractivity contribution >= 4 is 43.4 Å². The summed E-state index contributed by atoms with van der Waals surface area (Å²) in [4.78, 5) is 32.3. The van der Waals surface area contributed by atoms with Gasteiger partial charge in [0.05, 0.1) is 34.2 Å². The van der Waals surface area contributed by atoms with Gasteiger partial charge in [0.15, 0.2) is 5.67 Å². The van der Waals surface area contributed by atoms with E-state index in [0.717, 1.165) is 15.9 Å². The molecule has 0 atom stereocenters. The lowest BCUT2D eigenvalue weighted by molar-refractivity contribution is -0.144. The maximum atomic E-state index is 14.1. The van der Waals surface area contributed by atoms with E-state index < -0.39 is 28.6 Å². The van der Waals surface area contributed by atoms with Crippen LogP contribution in [0, 0.1) is 17.7 Å². The maximum Gasteiger partial charge on any atom is 0.263 e. The molecular formula is C23H19BrF3N3O2S. The lowest BCUT2D eigenvalue weighted by atomic mass is 9.99. The Morgan fingerprint density at radius 1 is 1.36 bits per heavy atom. The second-order valence-electron chi connectivity index (χ2n) is 8.68. The van der Waals surface area contributed by atoms with Crippen LogP contribution in [-0.2, 0) is 11.3 Å². The van der Waals surface area contributed by atoms with Crippen molar-refractivity contribution < 1.29 is 18.0 Å². The van der Waals surface area contributed by atoms with Crippen LogP contribution in [0.15, 0.2) is 33.8 Å². The fourth-order valence-electron chi connectivity index (χ4n) is 3.53. The highest BCUT2D eigenvalue weighted by Gasteiger charge is 2.41. The van der Waals surface area contributed by atoms with Crippen LogP contribution in [0.25, 0.3) is 21.3 Å². The van der Waals surface area contributed by atoms with Gasteiger partial charge < -0.3 is 4.90 Å². The molecule has 172 valence electrons. The SMILES string of the molecule is CC(C)(F)C#Cc1sc2ncn(CC(=O)N3CC(C)(F)C3)c(=O)c2c1-c1ccc(F)c(Br)c1. The van der Waals surface area contributed by atoms with Gasteiger partial charge in [0, 0.05) is 5.56 Å². The van der Waals surface area contributed by atoms with Gasteiger partial charge in [0.2, 0.25) is 5.91 Å². The predicted molar refractivity (Wildman–Crippen MR) is 125 cm³/mol. The normalized spacial score (nSPS) is 15.2. The number of carbonyl (C=O) groups is 1. The Hall–Kier alpha value is -2.64. The van der Waals surface area contributed by atoms with E-state index in [1.165, 1.54) is 50.2 Å². The number of likely N-dealkylation sites (tertiary alicyclic amines) is 1. The van der Waals surface area contributed by atoms with Crippen LogP contribution in [0.5, 0.6) is 0 Å². The molecule has 0 unspecified atom stereocenters. The number of halogens is 4. The van der Waals surface area contributed by atoms with Gasteiger partial charge in [-0.05, 0) is 54.4 Å². The first kappa shape index (κ1) is 23.5. The monoisotopic (exact) mass is 537 g/mol. The molecule has 1 fully saturated rings. The summed E-state index contributed by atoms with van der Waals surface area (Å²) in [5, 5.41) is 0.203. The Balaban J connectivity index is 1.85. The van der Waals surface area contributed by atoms with Gasteiger partial charge in [-0.1, -0.05) is 17.9 Å². The topological polar surface area (TPSA) is 55.2 Å². The molecule has 1 aliphatic heterocycles. The summed E-state index contributed by atoms with van der Waals surface area (Å²) >= 11 is 4.26. The molecule has 0 saturated carbocycles. The molecule has 2 aromatic heterocycles. The van der Waals surface area contributed by atoms with Crippen LogP contribution < -0.4 is 5.56 Å². The van der Waals surface area contributed by atoms with E-state index in [4.69, 9.17) is 0 Å². The number of hydrogen-bond donors (Lipinski definition) is 0. The number of aromatic nitrogens is 2. The average Bonchev–Trinajstić information content (AvgIpc) is 3.07. The van der Waals surface area contributed by atoms with Crippen molar-refractivity contribution in [2.45, 2.75) is 38.7 Å². The molecule has 0 N–H and O–H groups in total. The Kier molecular flexibility index (Phi) is 5.91. The standard InChI is InChI=1S/C23H19BrF3N3O2S/c1-22(2,26)7-6-16-18(13-4-5-15(25)14(24)8-13)19-20(33-16)28-12-29(21(19)32)9-17(31)30-10-23(3,27)11-30/h4-5,8,12H,9-11H2,1-3H3. The lowest BCUT2D eigenvalue weighted by Crippen LogP contribution is -2.60. The van der Waals surface area contributed by atoms with Crippen molar-refractivity contribution in [3.05, 3.63) is 50.0 Å². The zero-order chi connectivity index (χ0) is 24.1. The van der Waals surface area contributed by atoms with Crippen molar-refractivity contribution in [1.82, 2.24) is 14.5 Å². The van der Waals surface area contributed by atoms with Gasteiger partial charge in [0.1, 0.15) is 22.9 Å². The molecule has 33 heavy (non-hydrogen) atoms. The Morgan fingerprint density at radius 2 is 2.06 bits per heavy atom. The van der Waals surface area contributed by atoms with Crippen molar-refractivity contribution in [3.8, 4) is 23.0 Å². The molecule has 1 amide bonds. The summed E-state index contributed by atoms with van der Waals surface area (Å²) < 4.78 is 43.0. The Labute approximate surface area is 200 Å². The summed E-state index contributed by atoms with van der Waals surface area (Å²) in [5.41, 5.74) is -2.78. The second-order valence-corrected chi connectivity index (χ2v) is 10.5. The molecule has 1 aliphatic rings. The largest absolute Gasteiger partial charge is 0.335 e. The van der Waals surface area contributed by atoms with Crippen molar-refractivity contribution in [1.29, 1.82) is 0 Å². The van der Waals surface area contributed by atoms with Gasteiger partial charge >= 0.3 is 0 Å². The molecule has 5 nitrogen and oxygen atoms in total. The first-order valence-electron chi connectivity index (χ1n) is 10.0. The average molecular weight is 538 g/mol. The maximum absolute atomic E-state index is 14.1. The number of hydrogen-bond acceptors (Lipinski definition) is 4. The quantitative estimate of drug-likeness (QED) is 0.455. The fraction of sp³-hybridized carbons (Fsp3) is 0.348. The fourth-order valence-corrected chi connectivity index (χ4v) is 4.92. The smallest absolute Gasteiger partial charge is 0.263 e. The highest BCUT2D eigenvalue weighted by molar-refractivity contribution is 9.10. The van der Waals surface area contributed by atoms with E-state index in [2.05, 4.69) is 32.8 Å². The Bertz CT molecular complexity index is 1390. The number of rotatable bonds is 3. The van der Waals surface area contributed by atoms with E-state index in [9.17, 15) is 22.8 Å². The molecule has 3 heterocycles. The van der Waals surface area contributed by atoms with Crippen LogP contribution in [-0.4, -0.2) is 44.8 Å². The number of amides is 1. The van der Waals surface area contributed by atoms with Gasteiger partial charge in [-0.3, -0.25) is 14.2 Å². The molecule has 0 aliphatic carbocycles. The summed E-state index contributed by atoms with van der Waals surface area (Å²) in [5.74, 6) is 4.43. The summed E-state index contributed by atoms with van der Waals surface area (Å²) in [6.45, 7) is 3.70. The summed E-state index contributed by atoms with van der Waals surface area (Å²) in [6.07, 6.45) is 1.26. The summed E-state index contributed by atoms with van der Waals surface area (Å²) in [6, 6.07) is 4.25. The molecule has 10 heteroatoms. The first-order chi connectivity index (χ1) is 15.3. The molecular weight excluding hydrogens is 519 g/mol. The van der Waals surface area contributed by atoms with Crippen molar-refractivity contribution in [2.75, 3.05) is 13.1 Å². The van der Waals surface area contributed by atoms with E-state index in [1.807, 2.05) is 0 Å². The van der Waals surface area contributed by atoms with E-state index in [0.29, 0.717) is 20.8 Å². The number of fused-ring (bicyclic) bond motifs is 1. The van der Waals surface area contributed by atoms with Gasteiger partial charge in [0.25, 0.3) is 5.56 Å². The second kappa shape index (κ2) is 8.29. The number of thiophene rings is 1. The Morgan fingerprint density at radius 3 is 2.67 bits per heavy atom. The number of alkyl halides is 2. The highest BCUT2D eigenvalue weighted by Crippen LogP contribution is 2.37. The van der Waals surface area contributed by atoms with E-state index in [-0.39, 0.29) is 29.5 Å². The first-order valence-corrected chi connectivity index (χ1v) is 11.6. The minimum Gasteiger partial charge on any atom is -0.335 e. The van der Waals surface area contributed by atoms with E-state index in [1.54, 1.807) is 0 Å². The molecule has 1 saturated heterocycles. The molecule has 4 rings (SSSR count). The summed E-state index contributed by atoms with van der Waals surface area (Å²) in [7, 11) is 0. The van der Waals surface area contributed by atoms with Crippen LogP contribution in [0.1, 0.15) is 25.6 Å². The van der Waals surface area contributed by atoms with Crippen molar-refractivity contribution in [3.63, 3.8) is 0 Å². The minimum absolute atomic E-state index is 0.0255. The zero-order valence-electron chi connectivity index (χ0n) is 18.0. The van der Waals surface area contributed by atoms with E-state index >= 15 is 0 Å². The molecule has 1 aromatic carbocycles. The van der Waals surface area contributed by atoms with Gasteiger partial charge in [-0.2, -0.15) is 0 Å². The third-order valence-corrected chi connectivity index (χ3v) is 6.68. The third-order valence-electron chi connectivity index (χ3n) is 5.06. The number of benzene rings is 1. The third kappa shape index (κ3) is 4.84. The molecule has 0 bridgehead atoms. The number of nitrogens with zero attached hydrogens (tertiary/aromatic N) is 3. The van der Waals surface area contributed by atoms with Gasteiger partial charge in [-0.15, -0.1) is 11.3 Å². The van der Waals surface area contributed by atoms with Crippen molar-refractivity contribution in [2.24, 2.45) is 0 Å². The van der Waals surface area contributed by atoms with Gasteiger partial charge in [-0.25, -0.2) is 18.2 Å². The lowest BCUT2D eigenvalue weighted by Gasteiger charge is -2.42.